The number of thioether (sulfide) groups is 1. The largest absolute Gasteiger partial charge is 0.348 e. The first kappa shape index (κ1) is 14.1. The van der Waals surface area contributed by atoms with Crippen molar-refractivity contribution in [3.63, 3.8) is 0 Å². The van der Waals surface area contributed by atoms with Crippen LogP contribution in [0.15, 0.2) is 35.7 Å². The lowest BCUT2D eigenvalue weighted by Gasteiger charge is -2.27. The topological polar surface area (TPSA) is 70.7 Å². The van der Waals surface area contributed by atoms with Crippen LogP contribution in [0.4, 0.5) is 0 Å². The number of carbonyl (C=O) groups is 1. The molecular formula is C15H18N4OS. The molecule has 1 aromatic carbocycles. The van der Waals surface area contributed by atoms with Gasteiger partial charge in [0.25, 0.3) is 0 Å². The number of benzene rings is 1. The second-order valence-corrected chi connectivity index (χ2v) is 6.53. The second-order valence-electron chi connectivity index (χ2n) is 5.20. The van der Waals surface area contributed by atoms with Crippen molar-refractivity contribution in [2.24, 2.45) is 0 Å². The van der Waals surface area contributed by atoms with Crippen molar-refractivity contribution in [3.8, 4) is 0 Å². The molecule has 0 aliphatic heterocycles. The highest BCUT2D eigenvalue weighted by molar-refractivity contribution is 8.00. The van der Waals surface area contributed by atoms with Crippen molar-refractivity contribution in [1.82, 2.24) is 20.5 Å². The molecule has 0 saturated carbocycles. The molecule has 5 nitrogen and oxygen atoms in total. The van der Waals surface area contributed by atoms with Crippen LogP contribution in [0.1, 0.15) is 36.9 Å². The van der Waals surface area contributed by atoms with E-state index in [-0.39, 0.29) is 17.2 Å². The van der Waals surface area contributed by atoms with Gasteiger partial charge in [-0.15, -0.1) is 0 Å². The third kappa shape index (κ3) is 3.26. The number of aromatic nitrogens is 3. The van der Waals surface area contributed by atoms with E-state index in [1.165, 1.54) is 29.2 Å². The minimum atomic E-state index is -0.202. The van der Waals surface area contributed by atoms with Crippen molar-refractivity contribution < 1.29 is 4.79 Å². The van der Waals surface area contributed by atoms with Crippen molar-refractivity contribution in [2.75, 3.05) is 0 Å². The number of nitrogens with zero attached hydrogens (tertiary/aromatic N) is 2. The Morgan fingerprint density at radius 1 is 1.48 bits per heavy atom. The summed E-state index contributed by atoms with van der Waals surface area (Å²) in [6, 6.07) is 8.50. The van der Waals surface area contributed by atoms with E-state index in [4.69, 9.17) is 0 Å². The normalized spacial score (nSPS) is 18.8. The molecule has 1 heterocycles. The number of rotatable bonds is 4. The fraction of sp³-hybridized carbons (Fsp3) is 0.400. The zero-order valence-electron chi connectivity index (χ0n) is 11.9. The van der Waals surface area contributed by atoms with Crippen molar-refractivity contribution in [3.05, 3.63) is 41.7 Å². The molecule has 2 aromatic rings. The molecule has 6 heteroatoms. The van der Waals surface area contributed by atoms with Gasteiger partial charge in [0, 0.05) is 0 Å². The quantitative estimate of drug-likeness (QED) is 0.851. The average Bonchev–Trinajstić information content (AvgIpc) is 3.00. The molecule has 0 spiro atoms. The molecule has 2 atom stereocenters. The van der Waals surface area contributed by atoms with Crippen LogP contribution in [0, 0.1) is 0 Å². The van der Waals surface area contributed by atoms with Crippen LogP contribution in [0.2, 0.25) is 0 Å². The lowest BCUT2D eigenvalue weighted by atomic mass is 9.88. The van der Waals surface area contributed by atoms with E-state index in [2.05, 4.69) is 38.7 Å². The van der Waals surface area contributed by atoms with Gasteiger partial charge in [-0.25, -0.2) is 4.98 Å². The van der Waals surface area contributed by atoms with Crippen LogP contribution in [-0.4, -0.2) is 26.3 Å². The summed E-state index contributed by atoms with van der Waals surface area (Å²) < 4.78 is 0. The monoisotopic (exact) mass is 302 g/mol. The number of amides is 1. The number of nitrogens with one attached hydrogen (secondary N) is 2. The molecule has 0 unspecified atom stereocenters. The summed E-state index contributed by atoms with van der Waals surface area (Å²) in [6.07, 6.45) is 4.67. The molecule has 21 heavy (non-hydrogen) atoms. The fourth-order valence-corrected chi connectivity index (χ4v) is 3.39. The van der Waals surface area contributed by atoms with Gasteiger partial charge < -0.3 is 5.32 Å². The predicted octanol–water partition coefficient (Wildman–Crippen LogP) is 2.48. The van der Waals surface area contributed by atoms with Crippen molar-refractivity contribution in [2.45, 2.75) is 42.6 Å². The van der Waals surface area contributed by atoms with Gasteiger partial charge in [0.1, 0.15) is 6.33 Å². The number of hydrogen-bond acceptors (Lipinski definition) is 4. The number of carbonyl (C=O) groups excluding carboxylic acids is 1. The molecule has 110 valence electrons. The van der Waals surface area contributed by atoms with Crippen LogP contribution in [0.3, 0.4) is 0 Å². The number of fused-ring (bicyclic) bond motifs is 1. The molecule has 3 rings (SSSR count). The first-order valence-electron chi connectivity index (χ1n) is 7.14. The maximum absolute atomic E-state index is 12.4. The van der Waals surface area contributed by atoms with Crippen molar-refractivity contribution >= 4 is 17.7 Å². The summed E-state index contributed by atoms with van der Waals surface area (Å²) in [4.78, 5) is 16.4. The molecule has 0 fully saturated rings. The Labute approximate surface area is 127 Å². The Bertz CT molecular complexity index is 614. The maximum Gasteiger partial charge on any atom is 0.233 e. The van der Waals surface area contributed by atoms with E-state index in [9.17, 15) is 4.79 Å². The summed E-state index contributed by atoms with van der Waals surface area (Å²) in [5.41, 5.74) is 2.61. The highest BCUT2D eigenvalue weighted by Crippen LogP contribution is 2.30. The Morgan fingerprint density at radius 3 is 3.14 bits per heavy atom. The van der Waals surface area contributed by atoms with Crippen LogP contribution < -0.4 is 5.32 Å². The summed E-state index contributed by atoms with van der Waals surface area (Å²) >= 11 is 1.39. The van der Waals surface area contributed by atoms with Gasteiger partial charge in [-0.2, -0.15) is 5.10 Å². The highest BCUT2D eigenvalue weighted by Gasteiger charge is 2.24. The van der Waals surface area contributed by atoms with E-state index in [1.54, 1.807) is 0 Å². The standard InChI is InChI=1S/C15H18N4OS/c1-10(21-15-16-9-17-19-15)14(20)18-13-8-4-6-11-5-2-3-7-12(11)13/h2-3,5,7,9-10,13H,4,6,8H2,1H3,(H,18,20)(H,16,17,19)/t10-,13+/m0/s1. The molecule has 0 radical (unpaired) electrons. The van der Waals surface area contributed by atoms with Gasteiger partial charge in [0.2, 0.25) is 5.91 Å². The van der Waals surface area contributed by atoms with Gasteiger partial charge >= 0.3 is 0 Å². The Morgan fingerprint density at radius 2 is 2.33 bits per heavy atom. The molecule has 0 bridgehead atoms. The summed E-state index contributed by atoms with van der Waals surface area (Å²) in [6.45, 7) is 1.89. The number of H-pyrrole nitrogens is 1. The lowest BCUT2D eigenvalue weighted by Crippen LogP contribution is -2.35. The van der Waals surface area contributed by atoms with Crippen LogP contribution in [0.5, 0.6) is 0 Å². The molecular weight excluding hydrogens is 284 g/mol. The van der Waals surface area contributed by atoms with E-state index in [0.717, 1.165) is 19.3 Å². The van der Waals surface area contributed by atoms with E-state index < -0.39 is 0 Å². The first-order chi connectivity index (χ1) is 10.2. The van der Waals surface area contributed by atoms with Gasteiger partial charge in [-0.05, 0) is 37.3 Å². The summed E-state index contributed by atoms with van der Waals surface area (Å²) in [7, 11) is 0. The molecule has 2 N–H and O–H groups in total. The van der Waals surface area contributed by atoms with Gasteiger partial charge in [-0.1, -0.05) is 36.0 Å². The van der Waals surface area contributed by atoms with Crippen LogP contribution in [0.25, 0.3) is 0 Å². The smallest absolute Gasteiger partial charge is 0.233 e. The van der Waals surface area contributed by atoms with Crippen LogP contribution in [-0.2, 0) is 11.2 Å². The first-order valence-corrected chi connectivity index (χ1v) is 8.02. The number of hydrogen-bond donors (Lipinski definition) is 2. The zero-order chi connectivity index (χ0) is 14.7. The molecule has 1 aromatic heterocycles. The maximum atomic E-state index is 12.4. The Hall–Kier alpha value is -1.82. The highest BCUT2D eigenvalue weighted by atomic mass is 32.2. The minimum Gasteiger partial charge on any atom is -0.348 e. The Balaban J connectivity index is 1.65. The predicted molar refractivity (Wildman–Crippen MR) is 82.0 cm³/mol. The molecule has 0 saturated heterocycles. The third-order valence-electron chi connectivity index (χ3n) is 3.74. The molecule has 1 amide bonds. The van der Waals surface area contributed by atoms with E-state index >= 15 is 0 Å². The number of aromatic amines is 1. The average molecular weight is 302 g/mol. The summed E-state index contributed by atoms with van der Waals surface area (Å²) in [5, 5.41) is 10.2. The lowest BCUT2D eigenvalue weighted by molar-refractivity contribution is -0.121. The van der Waals surface area contributed by atoms with E-state index in [1.807, 2.05) is 13.0 Å². The van der Waals surface area contributed by atoms with Crippen molar-refractivity contribution in [1.29, 1.82) is 0 Å². The minimum absolute atomic E-state index is 0.0399. The molecule has 1 aliphatic rings. The SMILES string of the molecule is C[C@H](Sc1ncn[nH]1)C(=O)N[C@@H]1CCCc2ccccc21. The van der Waals surface area contributed by atoms with E-state index in [0.29, 0.717) is 5.16 Å². The Kier molecular flexibility index (Phi) is 4.24. The molecule has 1 aliphatic carbocycles. The van der Waals surface area contributed by atoms with Gasteiger partial charge in [0.05, 0.1) is 11.3 Å². The third-order valence-corrected chi connectivity index (χ3v) is 4.72. The number of aryl methyl sites for hydroxylation is 1. The van der Waals surface area contributed by atoms with Gasteiger partial charge in [-0.3, -0.25) is 9.89 Å². The van der Waals surface area contributed by atoms with Crippen LogP contribution >= 0.6 is 11.8 Å². The van der Waals surface area contributed by atoms with Gasteiger partial charge in [0.15, 0.2) is 5.16 Å². The second kappa shape index (κ2) is 6.30. The zero-order valence-corrected chi connectivity index (χ0v) is 12.7. The summed E-state index contributed by atoms with van der Waals surface area (Å²) in [5.74, 6) is 0.0399. The fourth-order valence-electron chi connectivity index (χ4n) is 2.66.